The standard InChI is InChI=1S/C14H26O14S/c1-25-13-10(20)11(8(18)5(2-15)26-13)28-14(4-29(22,23)24)12(21)9(19)7(17)6(3-16)27-14/h5-13,15-21H,2-4H2,1H3,(H,22,23,24)/p-1/t5-,6-,7-,8+,9+,10-,11+,12-,13-,14-/m1/s1. The van der Waals surface area contributed by atoms with Gasteiger partial charge in [0.2, 0.25) is 5.79 Å². The van der Waals surface area contributed by atoms with E-state index < -0.39 is 90.0 Å². The first kappa shape index (κ1) is 24.7. The van der Waals surface area contributed by atoms with E-state index in [1.807, 2.05) is 0 Å². The summed E-state index contributed by atoms with van der Waals surface area (Å²) in [4.78, 5) is 0. The first-order valence-electron chi connectivity index (χ1n) is 8.50. The molecule has 10 atom stereocenters. The summed E-state index contributed by atoms with van der Waals surface area (Å²) in [5.74, 6) is -4.51. The zero-order valence-electron chi connectivity index (χ0n) is 15.2. The van der Waals surface area contributed by atoms with E-state index in [2.05, 4.69) is 0 Å². The minimum Gasteiger partial charge on any atom is -0.748 e. The van der Waals surface area contributed by atoms with Crippen molar-refractivity contribution in [2.75, 3.05) is 26.1 Å². The Labute approximate surface area is 165 Å². The maximum Gasteiger partial charge on any atom is 0.211 e. The Kier molecular flexibility index (Phi) is 7.94. The molecule has 2 heterocycles. The van der Waals surface area contributed by atoms with Crippen LogP contribution in [0.15, 0.2) is 0 Å². The van der Waals surface area contributed by atoms with Gasteiger partial charge in [-0.05, 0) is 0 Å². The molecule has 0 saturated carbocycles. The van der Waals surface area contributed by atoms with Gasteiger partial charge in [0.1, 0.15) is 48.8 Å². The Morgan fingerprint density at radius 3 is 2.03 bits per heavy atom. The molecular formula is C14H25O14S-. The number of methoxy groups -OCH3 is 1. The molecule has 0 aliphatic carbocycles. The van der Waals surface area contributed by atoms with Gasteiger partial charge >= 0.3 is 0 Å². The van der Waals surface area contributed by atoms with Crippen LogP contribution in [0.2, 0.25) is 0 Å². The van der Waals surface area contributed by atoms with Gasteiger partial charge in [-0.1, -0.05) is 0 Å². The summed E-state index contributed by atoms with van der Waals surface area (Å²) in [5.41, 5.74) is 0. The van der Waals surface area contributed by atoms with Crippen LogP contribution in [0.5, 0.6) is 0 Å². The van der Waals surface area contributed by atoms with Crippen molar-refractivity contribution in [2.24, 2.45) is 0 Å². The fraction of sp³-hybridized carbons (Fsp3) is 1.00. The molecule has 0 radical (unpaired) electrons. The number of rotatable bonds is 7. The minimum absolute atomic E-state index is 0.773. The van der Waals surface area contributed by atoms with E-state index in [4.69, 9.17) is 18.9 Å². The highest BCUT2D eigenvalue weighted by Crippen LogP contribution is 2.36. The zero-order chi connectivity index (χ0) is 22.1. The lowest BCUT2D eigenvalue weighted by atomic mass is 9.92. The summed E-state index contributed by atoms with van der Waals surface area (Å²) >= 11 is 0. The van der Waals surface area contributed by atoms with Crippen molar-refractivity contribution in [1.82, 2.24) is 0 Å². The average molecular weight is 449 g/mol. The molecule has 0 aromatic carbocycles. The van der Waals surface area contributed by atoms with Gasteiger partial charge < -0.3 is 59.2 Å². The summed E-state index contributed by atoms with van der Waals surface area (Å²) in [7, 11) is -4.11. The first-order valence-corrected chi connectivity index (χ1v) is 10.1. The smallest absolute Gasteiger partial charge is 0.211 e. The highest BCUT2D eigenvalue weighted by molar-refractivity contribution is 7.85. The molecule has 0 spiro atoms. The van der Waals surface area contributed by atoms with Crippen molar-refractivity contribution >= 4 is 10.1 Å². The van der Waals surface area contributed by atoms with E-state index in [9.17, 15) is 48.7 Å². The van der Waals surface area contributed by atoms with E-state index in [-0.39, 0.29) is 0 Å². The van der Waals surface area contributed by atoms with E-state index in [0.29, 0.717) is 0 Å². The Morgan fingerprint density at radius 1 is 0.966 bits per heavy atom. The van der Waals surface area contributed by atoms with Gasteiger partial charge in [0, 0.05) is 7.11 Å². The summed E-state index contributed by atoms with van der Waals surface area (Å²) in [6.07, 6.45) is -16.4. The number of ether oxygens (including phenoxy) is 4. The largest absolute Gasteiger partial charge is 0.748 e. The fourth-order valence-electron chi connectivity index (χ4n) is 3.32. The molecule has 2 aliphatic rings. The van der Waals surface area contributed by atoms with Crippen LogP contribution in [0.4, 0.5) is 0 Å². The lowest BCUT2D eigenvalue weighted by Crippen LogP contribution is -2.71. The number of aliphatic hydroxyl groups excluding tert-OH is 7. The molecule has 2 saturated heterocycles. The van der Waals surface area contributed by atoms with Gasteiger partial charge in [0.25, 0.3) is 0 Å². The number of aliphatic hydroxyl groups is 7. The van der Waals surface area contributed by atoms with E-state index >= 15 is 0 Å². The second-order valence-corrected chi connectivity index (χ2v) is 8.21. The monoisotopic (exact) mass is 449 g/mol. The molecule has 7 N–H and O–H groups in total. The highest BCUT2D eigenvalue weighted by atomic mass is 32.2. The second kappa shape index (κ2) is 9.31. The van der Waals surface area contributed by atoms with Crippen LogP contribution < -0.4 is 0 Å². The molecule has 0 amide bonds. The molecule has 2 rings (SSSR count). The van der Waals surface area contributed by atoms with Gasteiger partial charge in [0.05, 0.1) is 29.1 Å². The molecule has 29 heavy (non-hydrogen) atoms. The van der Waals surface area contributed by atoms with Crippen molar-refractivity contribution in [1.29, 1.82) is 0 Å². The SMILES string of the molecule is CO[C@@H]1O[C@H](CO)[C@H](O)[C@H](O[C@@]2(CS(=O)(=O)[O-])O[C@H](CO)[C@@H](O)[C@H](O)[C@H]2O)[C@H]1O. The Morgan fingerprint density at radius 2 is 1.55 bits per heavy atom. The van der Waals surface area contributed by atoms with Gasteiger partial charge in [-0.3, -0.25) is 0 Å². The summed E-state index contributed by atoms with van der Waals surface area (Å²) < 4.78 is 54.8. The normalized spacial score (nSPS) is 46.6. The van der Waals surface area contributed by atoms with Gasteiger partial charge in [-0.2, -0.15) is 0 Å². The Hall–Kier alpha value is -0.530. The first-order chi connectivity index (χ1) is 13.4. The molecule has 0 aromatic heterocycles. The van der Waals surface area contributed by atoms with Crippen LogP contribution in [0.1, 0.15) is 0 Å². The lowest BCUT2D eigenvalue weighted by Gasteiger charge is -2.51. The van der Waals surface area contributed by atoms with Crippen molar-refractivity contribution < 1.29 is 67.7 Å². The van der Waals surface area contributed by atoms with Crippen molar-refractivity contribution in [2.45, 2.75) is 60.9 Å². The van der Waals surface area contributed by atoms with Crippen LogP contribution in [0, 0.1) is 0 Å². The molecule has 0 bridgehead atoms. The summed E-state index contributed by atoms with van der Waals surface area (Å²) in [6.45, 7) is -1.74. The Bertz CT molecular complexity index is 626. The van der Waals surface area contributed by atoms with Crippen molar-refractivity contribution in [3.63, 3.8) is 0 Å². The second-order valence-electron chi connectivity index (χ2n) is 6.80. The van der Waals surface area contributed by atoms with Crippen LogP contribution in [0.3, 0.4) is 0 Å². The number of hydrogen-bond donors (Lipinski definition) is 7. The van der Waals surface area contributed by atoms with Crippen LogP contribution in [0.25, 0.3) is 0 Å². The topological polar surface area (TPSA) is 236 Å². The number of hydrogen-bond acceptors (Lipinski definition) is 14. The molecule has 0 unspecified atom stereocenters. The summed E-state index contributed by atoms with van der Waals surface area (Å²) in [5, 5.41) is 69.6. The van der Waals surface area contributed by atoms with E-state index in [1.165, 1.54) is 0 Å². The lowest BCUT2D eigenvalue weighted by molar-refractivity contribution is -0.396. The predicted molar refractivity (Wildman–Crippen MR) is 86.9 cm³/mol. The van der Waals surface area contributed by atoms with Crippen LogP contribution >= 0.6 is 0 Å². The quantitative estimate of drug-likeness (QED) is 0.179. The van der Waals surface area contributed by atoms with Gasteiger partial charge in [-0.15, -0.1) is 0 Å². The molecule has 0 aromatic rings. The van der Waals surface area contributed by atoms with Crippen LogP contribution in [-0.2, 0) is 29.1 Å². The van der Waals surface area contributed by atoms with E-state index in [1.54, 1.807) is 0 Å². The van der Waals surface area contributed by atoms with E-state index in [0.717, 1.165) is 7.11 Å². The third-order valence-corrected chi connectivity index (χ3v) is 5.56. The fourth-order valence-corrected chi connectivity index (χ4v) is 4.12. The Balaban J connectivity index is 2.46. The maximum atomic E-state index is 11.4. The van der Waals surface area contributed by atoms with Gasteiger partial charge in [-0.25, -0.2) is 8.42 Å². The van der Waals surface area contributed by atoms with Crippen LogP contribution in [-0.4, -0.2) is 136 Å². The minimum atomic E-state index is -5.22. The molecule has 172 valence electrons. The molecule has 2 aliphatic heterocycles. The summed E-state index contributed by atoms with van der Waals surface area (Å²) in [6, 6.07) is 0. The third kappa shape index (κ3) is 5.04. The molecule has 15 heteroatoms. The van der Waals surface area contributed by atoms with Gasteiger partial charge in [0.15, 0.2) is 6.29 Å². The highest BCUT2D eigenvalue weighted by Gasteiger charge is 2.59. The molecular weight excluding hydrogens is 424 g/mol. The van der Waals surface area contributed by atoms with Crippen molar-refractivity contribution in [3.8, 4) is 0 Å². The third-order valence-electron chi connectivity index (χ3n) is 4.80. The molecule has 14 nitrogen and oxygen atoms in total. The molecule has 2 fully saturated rings. The van der Waals surface area contributed by atoms with Crippen molar-refractivity contribution in [3.05, 3.63) is 0 Å². The average Bonchev–Trinajstić information content (AvgIpc) is 2.65. The maximum absolute atomic E-state index is 11.4. The predicted octanol–water partition coefficient (Wildman–Crippen LogP) is -5.83. The zero-order valence-corrected chi connectivity index (χ0v) is 16.0.